The van der Waals surface area contributed by atoms with Crippen LogP contribution in [0.3, 0.4) is 0 Å². The minimum Gasteiger partial charge on any atom is -0.273 e. The van der Waals surface area contributed by atoms with Crippen molar-refractivity contribution < 1.29 is 24.7 Å². The maximum atomic E-state index is 10.4. The number of hydrogen-bond donors (Lipinski definition) is 2. The largest absolute Gasteiger partial charge is 0.557 e. The number of nitrogens with one attached hydrogen (secondary N) is 1. The second-order valence-corrected chi connectivity index (χ2v) is 2.69. The van der Waals surface area contributed by atoms with Crippen LogP contribution in [-0.2, 0) is 19.4 Å². The predicted molar refractivity (Wildman–Crippen MR) is 51.5 cm³/mol. The molecule has 7 heteroatoms. The van der Waals surface area contributed by atoms with Crippen molar-refractivity contribution in [1.82, 2.24) is 5.48 Å². The van der Waals surface area contributed by atoms with E-state index < -0.39 is 13.0 Å². The zero-order valence-electron chi connectivity index (χ0n) is 8.04. The van der Waals surface area contributed by atoms with Crippen LogP contribution >= 0.6 is 0 Å². The number of benzene rings is 1. The summed E-state index contributed by atoms with van der Waals surface area (Å²) in [6.45, 7) is 1.25. The van der Waals surface area contributed by atoms with Crippen molar-refractivity contribution in [3.8, 4) is 0 Å². The van der Waals surface area contributed by atoms with Gasteiger partial charge in [0.05, 0.1) is 0 Å². The lowest BCUT2D eigenvalue weighted by Crippen LogP contribution is -2.38. The van der Waals surface area contributed by atoms with E-state index in [1.54, 1.807) is 30.3 Å². The van der Waals surface area contributed by atoms with E-state index in [9.17, 15) is 4.79 Å². The van der Waals surface area contributed by atoms with Crippen molar-refractivity contribution in [3.63, 3.8) is 0 Å². The topological polar surface area (TPSA) is 77.0 Å². The number of carbonyl (C=O) groups excluding carboxylic acids is 1. The van der Waals surface area contributed by atoms with Gasteiger partial charge >= 0.3 is 7.12 Å². The molecule has 0 fully saturated rings. The molecule has 80 valence electrons. The third-order valence-electron chi connectivity index (χ3n) is 1.49. The average Bonchev–Trinajstić information content (AvgIpc) is 2.25. The molecule has 1 rings (SSSR count). The third kappa shape index (κ3) is 4.09. The van der Waals surface area contributed by atoms with Gasteiger partial charge in [-0.2, -0.15) is 0 Å². The van der Waals surface area contributed by atoms with Gasteiger partial charge in [-0.3, -0.25) is 14.9 Å². The highest BCUT2D eigenvalue weighted by Crippen LogP contribution is 1.91. The van der Waals surface area contributed by atoms with Crippen LogP contribution in [0.15, 0.2) is 30.3 Å². The van der Waals surface area contributed by atoms with Crippen LogP contribution in [0, 0.1) is 0 Å². The van der Waals surface area contributed by atoms with Gasteiger partial charge in [0.1, 0.15) is 0 Å². The van der Waals surface area contributed by atoms with Crippen LogP contribution in [-0.4, -0.2) is 18.3 Å². The summed E-state index contributed by atoms with van der Waals surface area (Å²) in [6.07, 6.45) is 0. The Morgan fingerprint density at radius 2 is 2.07 bits per heavy atom. The lowest BCUT2D eigenvalue weighted by Gasteiger charge is -2.08. The first-order chi connectivity index (χ1) is 7.24. The van der Waals surface area contributed by atoms with Gasteiger partial charge in [0, 0.05) is 6.92 Å². The van der Waals surface area contributed by atoms with E-state index >= 15 is 0 Å². The Kier molecular flexibility index (Phi) is 4.78. The maximum Gasteiger partial charge on any atom is 0.557 e. The zero-order chi connectivity index (χ0) is 11.1. The summed E-state index contributed by atoms with van der Waals surface area (Å²) in [6, 6.07) is 8.61. The van der Waals surface area contributed by atoms with Gasteiger partial charge in [-0.25, -0.2) is 10.3 Å². The van der Waals surface area contributed by atoms with Gasteiger partial charge in [0.15, 0.2) is 0 Å². The van der Waals surface area contributed by atoms with E-state index in [0.29, 0.717) is 5.46 Å². The second kappa shape index (κ2) is 6.15. The van der Waals surface area contributed by atoms with Crippen molar-refractivity contribution in [3.05, 3.63) is 30.3 Å². The monoisotopic (exact) mass is 211 g/mol. The molecule has 0 unspecified atom stereocenters. The molecule has 0 saturated carbocycles. The molecule has 1 aromatic rings. The molecule has 0 aliphatic rings. The fourth-order valence-corrected chi connectivity index (χ4v) is 0.871. The molecule has 0 aliphatic carbocycles. The molecule has 0 bridgehead atoms. The first-order valence-electron chi connectivity index (χ1n) is 4.18. The van der Waals surface area contributed by atoms with Gasteiger partial charge in [0.25, 0.3) is 0 Å². The molecule has 0 spiro atoms. The van der Waals surface area contributed by atoms with Crippen molar-refractivity contribution in [2.75, 3.05) is 0 Å². The SMILES string of the molecule is CC(=O)NOOB(OO)c1ccccc1. The molecule has 6 nitrogen and oxygen atoms in total. The van der Waals surface area contributed by atoms with E-state index in [1.807, 2.05) is 5.48 Å². The van der Waals surface area contributed by atoms with Gasteiger partial charge in [-0.15, -0.1) is 4.99 Å². The Bertz CT molecular complexity index is 307. The van der Waals surface area contributed by atoms with E-state index in [2.05, 4.69) is 14.6 Å². The molecule has 1 aromatic carbocycles. The average molecular weight is 211 g/mol. The lowest BCUT2D eigenvalue weighted by atomic mass is 9.80. The predicted octanol–water partition coefficient (Wildman–Crippen LogP) is -0.129. The molecule has 15 heavy (non-hydrogen) atoms. The van der Waals surface area contributed by atoms with E-state index in [1.165, 1.54) is 6.92 Å². The molecule has 0 aliphatic heterocycles. The first-order valence-corrected chi connectivity index (χ1v) is 4.18. The quantitative estimate of drug-likeness (QED) is 0.403. The number of rotatable bonds is 5. The summed E-state index contributed by atoms with van der Waals surface area (Å²) in [7, 11) is -1.11. The Morgan fingerprint density at radius 3 is 2.60 bits per heavy atom. The molecule has 0 aromatic heterocycles. The molecule has 0 radical (unpaired) electrons. The smallest absolute Gasteiger partial charge is 0.273 e. The van der Waals surface area contributed by atoms with Crippen LogP contribution in [0.2, 0.25) is 0 Å². The fourth-order valence-electron chi connectivity index (χ4n) is 0.871. The van der Waals surface area contributed by atoms with Crippen molar-refractivity contribution >= 4 is 18.5 Å². The van der Waals surface area contributed by atoms with Gasteiger partial charge in [0.2, 0.25) is 5.91 Å². The normalized spacial score (nSPS) is 9.73. The molecule has 0 heterocycles. The molecule has 0 saturated heterocycles. The highest BCUT2D eigenvalue weighted by molar-refractivity contribution is 6.60. The first kappa shape index (κ1) is 11.7. The number of amides is 1. The van der Waals surface area contributed by atoms with Gasteiger partial charge in [-0.1, -0.05) is 30.3 Å². The van der Waals surface area contributed by atoms with Gasteiger partial charge in [-0.05, 0) is 5.46 Å². The summed E-state index contributed by atoms with van der Waals surface area (Å²) < 4.78 is 0. The molecule has 2 N–H and O–H groups in total. The minimum atomic E-state index is -1.11. The van der Waals surface area contributed by atoms with Crippen molar-refractivity contribution in [2.24, 2.45) is 0 Å². The van der Waals surface area contributed by atoms with E-state index in [-0.39, 0.29) is 0 Å². The van der Waals surface area contributed by atoms with Gasteiger partial charge < -0.3 is 0 Å². The van der Waals surface area contributed by atoms with E-state index in [4.69, 9.17) is 5.26 Å². The third-order valence-corrected chi connectivity index (χ3v) is 1.49. The molecular formula is C8H10BNO5. The second-order valence-electron chi connectivity index (χ2n) is 2.69. The van der Waals surface area contributed by atoms with Crippen LogP contribution in [0.25, 0.3) is 0 Å². The maximum absolute atomic E-state index is 10.4. The number of hydroxylamine groups is 1. The summed E-state index contributed by atoms with van der Waals surface area (Å²) in [4.78, 5) is 23.4. The lowest BCUT2D eigenvalue weighted by molar-refractivity contribution is -0.288. The van der Waals surface area contributed by atoms with Crippen molar-refractivity contribution in [1.29, 1.82) is 0 Å². The number of hydrogen-bond acceptors (Lipinski definition) is 5. The Balaban J connectivity index is 2.46. The standard InChI is InChI=1S/C8H10BNO5/c1-7(11)10-15-14-9(13-12)8-5-3-2-4-6-8/h2-6,12H,1H3,(H,10,11). The van der Waals surface area contributed by atoms with Crippen LogP contribution in [0.1, 0.15) is 6.92 Å². The Morgan fingerprint density at radius 1 is 1.40 bits per heavy atom. The van der Waals surface area contributed by atoms with Crippen LogP contribution in [0.4, 0.5) is 0 Å². The molecule has 1 amide bonds. The molecular weight excluding hydrogens is 201 g/mol. The Hall–Kier alpha value is -1.41. The van der Waals surface area contributed by atoms with Crippen LogP contribution < -0.4 is 10.9 Å². The minimum absolute atomic E-state index is 0.431. The summed E-state index contributed by atoms with van der Waals surface area (Å²) in [5.41, 5.74) is 2.47. The number of carbonyl (C=O) groups is 1. The Labute approximate surface area is 86.7 Å². The van der Waals surface area contributed by atoms with Crippen LogP contribution in [0.5, 0.6) is 0 Å². The summed E-state index contributed by atoms with van der Waals surface area (Å²) in [5.74, 6) is -0.431. The summed E-state index contributed by atoms with van der Waals surface area (Å²) in [5, 5.41) is 8.53. The fraction of sp³-hybridized carbons (Fsp3) is 0.125. The highest BCUT2D eigenvalue weighted by Gasteiger charge is 2.23. The van der Waals surface area contributed by atoms with Crippen molar-refractivity contribution in [2.45, 2.75) is 6.92 Å². The van der Waals surface area contributed by atoms with E-state index in [0.717, 1.165) is 0 Å². The summed E-state index contributed by atoms with van der Waals surface area (Å²) >= 11 is 0. The highest BCUT2D eigenvalue weighted by atomic mass is 17.3. The molecule has 0 atom stereocenters. The zero-order valence-corrected chi connectivity index (χ0v) is 8.04.